The van der Waals surface area contributed by atoms with Gasteiger partial charge in [-0.15, -0.1) is 23.4 Å². The first-order valence-corrected chi connectivity index (χ1v) is 6.85. The summed E-state index contributed by atoms with van der Waals surface area (Å²) in [6, 6.07) is 8.08. The summed E-state index contributed by atoms with van der Waals surface area (Å²) in [4.78, 5) is 5.29. The number of hydrogen-bond donors (Lipinski definition) is 0. The number of rotatable bonds is 4. The summed E-state index contributed by atoms with van der Waals surface area (Å²) in [5, 5.41) is 3.82. The zero-order valence-corrected chi connectivity index (χ0v) is 11.3. The molecule has 0 aliphatic heterocycles. The van der Waals surface area contributed by atoms with Crippen LogP contribution in [0.4, 0.5) is 0 Å². The number of alkyl halides is 1. The molecule has 16 heavy (non-hydrogen) atoms. The fourth-order valence-corrected chi connectivity index (χ4v) is 2.20. The van der Waals surface area contributed by atoms with E-state index in [0.29, 0.717) is 17.5 Å². The summed E-state index contributed by atoms with van der Waals surface area (Å²) < 4.78 is 5.98. The maximum absolute atomic E-state index is 5.57. The van der Waals surface area contributed by atoms with Crippen molar-refractivity contribution in [3.63, 3.8) is 0 Å². The van der Waals surface area contributed by atoms with Crippen LogP contribution in [-0.4, -0.2) is 10.1 Å². The number of thioether (sulfide) groups is 1. The number of halogens is 2. The molecule has 0 radical (unpaired) electrons. The van der Waals surface area contributed by atoms with Gasteiger partial charge in [-0.25, -0.2) is 0 Å². The van der Waals surface area contributed by atoms with Gasteiger partial charge >= 0.3 is 0 Å². The van der Waals surface area contributed by atoms with Gasteiger partial charge in [0.1, 0.15) is 5.88 Å². The van der Waals surface area contributed by atoms with Crippen LogP contribution >= 0.6 is 39.3 Å². The van der Waals surface area contributed by atoms with Crippen molar-refractivity contribution in [2.75, 3.05) is 0 Å². The zero-order valence-electron chi connectivity index (χ0n) is 8.19. The average Bonchev–Trinajstić information content (AvgIpc) is 2.76. The van der Waals surface area contributed by atoms with Gasteiger partial charge in [0.15, 0.2) is 5.82 Å². The Hall–Kier alpha value is -0.520. The first-order valence-electron chi connectivity index (χ1n) is 4.54. The second-order valence-electron chi connectivity index (χ2n) is 2.98. The SMILES string of the molecule is ClCc1nc(CSc2ccc(Br)cc2)no1. The number of hydrogen-bond acceptors (Lipinski definition) is 4. The van der Waals surface area contributed by atoms with E-state index < -0.39 is 0 Å². The van der Waals surface area contributed by atoms with Gasteiger partial charge in [0, 0.05) is 9.37 Å². The molecule has 84 valence electrons. The summed E-state index contributed by atoms with van der Waals surface area (Å²) >= 11 is 10.6. The highest BCUT2D eigenvalue weighted by Gasteiger charge is 2.05. The van der Waals surface area contributed by atoms with Gasteiger partial charge in [0.2, 0.25) is 5.89 Å². The molecular formula is C10H8BrClN2OS. The second-order valence-corrected chi connectivity index (χ2v) is 5.21. The highest BCUT2D eigenvalue weighted by molar-refractivity contribution is 9.10. The van der Waals surface area contributed by atoms with Gasteiger partial charge in [-0.3, -0.25) is 0 Å². The summed E-state index contributed by atoms with van der Waals surface area (Å²) in [7, 11) is 0. The molecule has 0 saturated carbocycles. The molecule has 1 aromatic heterocycles. The van der Waals surface area contributed by atoms with Crippen LogP contribution in [0.2, 0.25) is 0 Å². The standard InChI is InChI=1S/C10H8BrClN2OS/c11-7-1-3-8(4-2-7)16-6-9-13-10(5-12)15-14-9/h1-4H,5-6H2. The lowest BCUT2D eigenvalue weighted by Crippen LogP contribution is -1.84. The van der Waals surface area contributed by atoms with Crippen LogP contribution in [0.3, 0.4) is 0 Å². The quantitative estimate of drug-likeness (QED) is 0.633. The lowest BCUT2D eigenvalue weighted by molar-refractivity contribution is 0.386. The highest BCUT2D eigenvalue weighted by Crippen LogP contribution is 2.23. The maximum Gasteiger partial charge on any atom is 0.241 e. The van der Waals surface area contributed by atoms with E-state index >= 15 is 0 Å². The first-order chi connectivity index (χ1) is 7.78. The molecule has 0 atom stereocenters. The Morgan fingerprint density at radius 2 is 2.06 bits per heavy atom. The number of aromatic nitrogens is 2. The summed E-state index contributed by atoms with van der Waals surface area (Å²) in [5.41, 5.74) is 0. The van der Waals surface area contributed by atoms with Gasteiger partial charge in [-0.2, -0.15) is 4.98 Å². The number of nitrogens with zero attached hydrogens (tertiary/aromatic N) is 2. The molecule has 0 aliphatic rings. The maximum atomic E-state index is 5.57. The average molecular weight is 320 g/mol. The Bertz CT molecular complexity index is 460. The summed E-state index contributed by atoms with van der Waals surface area (Å²) in [5.74, 6) is 2.08. The highest BCUT2D eigenvalue weighted by atomic mass is 79.9. The van der Waals surface area contributed by atoms with Gasteiger partial charge in [-0.1, -0.05) is 21.1 Å². The molecule has 2 aromatic rings. The Morgan fingerprint density at radius 3 is 2.69 bits per heavy atom. The molecule has 2 rings (SSSR count). The zero-order chi connectivity index (χ0) is 11.4. The molecule has 3 nitrogen and oxygen atoms in total. The predicted octanol–water partition coefficient (Wildman–Crippen LogP) is 3.86. The molecule has 1 heterocycles. The van der Waals surface area contributed by atoms with Crippen molar-refractivity contribution in [1.82, 2.24) is 10.1 Å². The Kier molecular flexibility index (Phi) is 4.26. The second kappa shape index (κ2) is 5.70. The largest absolute Gasteiger partial charge is 0.338 e. The minimum absolute atomic E-state index is 0.260. The van der Waals surface area contributed by atoms with E-state index in [1.54, 1.807) is 11.8 Å². The third kappa shape index (κ3) is 3.23. The molecular weight excluding hydrogens is 312 g/mol. The van der Waals surface area contributed by atoms with Crippen molar-refractivity contribution < 1.29 is 4.52 Å². The van der Waals surface area contributed by atoms with Crippen LogP contribution in [0.25, 0.3) is 0 Å². The van der Waals surface area contributed by atoms with E-state index in [1.807, 2.05) is 24.3 Å². The van der Waals surface area contributed by atoms with E-state index in [9.17, 15) is 0 Å². The summed E-state index contributed by atoms with van der Waals surface area (Å²) in [6.45, 7) is 0. The lowest BCUT2D eigenvalue weighted by atomic mass is 10.4. The Morgan fingerprint density at radius 1 is 1.31 bits per heavy atom. The van der Waals surface area contributed by atoms with E-state index in [1.165, 1.54) is 4.90 Å². The molecule has 0 spiro atoms. The molecule has 0 saturated heterocycles. The van der Waals surface area contributed by atoms with Crippen molar-refractivity contribution in [2.24, 2.45) is 0 Å². The van der Waals surface area contributed by atoms with E-state index in [-0.39, 0.29) is 5.88 Å². The molecule has 0 fully saturated rings. The Labute approximate surface area is 111 Å². The lowest BCUT2D eigenvalue weighted by Gasteiger charge is -1.97. The van der Waals surface area contributed by atoms with Crippen molar-refractivity contribution in [1.29, 1.82) is 0 Å². The third-order valence-electron chi connectivity index (χ3n) is 1.81. The first kappa shape index (κ1) is 12.0. The van der Waals surface area contributed by atoms with Gasteiger partial charge in [0.25, 0.3) is 0 Å². The van der Waals surface area contributed by atoms with Crippen LogP contribution < -0.4 is 0 Å². The monoisotopic (exact) mass is 318 g/mol. The molecule has 1 aromatic carbocycles. The van der Waals surface area contributed by atoms with Crippen molar-refractivity contribution in [3.8, 4) is 0 Å². The normalized spacial score (nSPS) is 10.6. The van der Waals surface area contributed by atoms with Crippen LogP contribution in [0.5, 0.6) is 0 Å². The van der Waals surface area contributed by atoms with Crippen molar-refractivity contribution >= 4 is 39.3 Å². The van der Waals surface area contributed by atoms with Crippen LogP contribution in [0.1, 0.15) is 11.7 Å². The Balaban J connectivity index is 1.94. The van der Waals surface area contributed by atoms with Crippen molar-refractivity contribution in [3.05, 3.63) is 40.5 Å². The molecule has 0 bridgehead atoms. The molecule has 0 N–H and O–H groups in total. The van der Waals surface area contributed by atoms with Crippen LogP contribution in [0, 0.1) is 0 Å². The molecule has 0 amide bonds. The van der Waals surface area contributed by atoms with E-state index in [2.05, 4.69) is 26.1 Å². The van der Waals surface area contributed by atoms with Gasteiger partial charge < -0.3 is 4.52 Å². The molecule has 0 aliphatic carbocycles. The minimum atomic E-state index is 0.260. The summed E-state index contributed by atoms with van der Waals surface area (Å²) in [6.07, 6.45) is 0. The fourth-order valence-electron chi connectivity index (χ4n) is 1.08. The number of benzene rings is 1. The van der Waals surface area contributed by atoms with Crippen molar-refractivity contribution in [2.45, 2.75) is 16.5 Å². The fraction of sp³-hybridized carbons (Fsp3) is 0.200. The molecule has 0 unspecified atom stereocenters. The topological polar surface area (TPSA) is 38.9 Å². The van der Waals surface area contributed by atoms with E-state index in [4.69, 9.17) is 16.1 Å². The van der Waals surface area contributed by atoms with Crippen LogP contribution in [-0.2, 0) is 11.6 Å². The van der Waals surface area contributed by atoms with Gasteiger partial charge in [-0.05, 0) is 24.3 Å². The minimum Gasteiger partial charge on any atom is -0.338 e. The van der Waals surface area contributed by atoms with E-state index in [0.717, 1.165) is 4.47 Å². The molecule has 6 heteroatoms. The van der Waals surface area contributed by atoms with Crippen LogP contribution in [0.15, 0.2) is 38.2 Å². The third-order valence-corrected chi connectivity index (χ3v) is 3.57. The predicted molar refractivity (Wildman–Crippen MR) is 67.6 cm³/mol. The smallest absolute Gasteiger partial charge is 0.241 e. The van der Waals surface area contributed by atoms with Gasteiger partial charge in [0.05, 0.1) is 5.75 Å².